The van der Waals surface area contributed by atoms with Crippen LogP contribution in [-0.4, -0.2) is 18.4 Å². The molecule has 2 atom stereocenters. The molecule has 1 aliphatic rings. The number of nitrogens with two attached hydrogens (primary N) is 2. The zero-order valence-electron chi connectivity index (χ0n) is 10.2. The molecule has 17 heavy (non-hydrogen) atoms. The van der Waals surface area contributed by atoms with Crippen molar-refractivity contribution in [1.29, 1.82) is 0 Å². The summed E-state index contributed by atoms with van der Waals surface area (Å²) in [6.07, 6.45) is 4.37. The lowest BCUT2D eigenvalue weighted by Crippen LogP contribution is -2.26. The van der Waals surface area contributed by atoms with E-state index in [1.54, 1.807) is 0 Å². The Balaban J connectivity index is 2.20. The van der Waals surface area contributed by atoms with Gasteiger partial charge in [0.2, 0.25) is 0 Å². The second-order valence-corrected chi connectivity index (χ2v) is 4.69. The molecule has 0 aromatic heterocycles. The highest BCUT2D eigenvalue weighted by Gasteiger charge is 2.22. The van der Waals surface area contributed by atoms with Crippen LogP contribution < -0.4 is 11.5 Å². The minimum Gasteiger partial charge on any atom is -0.387 e. The van der Waals surface area contributed by atoms with Crippen LogP contribution in [0.1, 0.15) is 37.2 Å². The molecule has 0 amide bonds. The Morgan fingerprint density at radius 1 is 1.24 bits per heavy atom. The van der Waals surface area contributed by atoms with Crippen LogP contribution >= 0.6 is 0 Å². The topological polar surface area (TPSA) is 64.4 Å². The second kappa shape index (κ2) is 5.82. The van der Waals surface area contributed by atoms with E-state index in [1.165, 1.54) is 12.0 Å². The van der Waals surface area contributed by atoms with Gasteiger partial charge in [-0.2, -0.15) is 0 Å². The van der Waals surface area contributed by atoms with E-state index in [9.17, 15) is 0 Å². The zero-order valence-corrected chi connectivity index (χ0v) is 10.2. The van der Waals surface area contributed by atoms with Crippen LogP contribution in [-0.2, 0) is 0 Å². The molecule has 1 aliphatic heterocycles. The zero-order chi connectivity index (χ0) is 12.1. The molecule has 1 aromatic rings. The first-order valence-electron chi connectivity index (χ1n) is 6.38. The Morgan fingerprint density at radius 2 is 2.00 bits per heavy atom. The summed E-state index contributed by atoms with van der Waals surface area (Å²) in [5.74, 6) is 1.09. The fourth-order valence-corrected chi connectivity index (χ4v) is 2.51. The van der Waals surface area contributed by atoms with Crippen LogP contribution in [0.2, 0.25) is 0 Å². The third kappa shape index (κ3) is 3.07. The molecular weight excluding hydrogens is 210 g/mol. The molecule has 2 rings (SSSR count). The molecule has 2 unspecified atom stereocenters. The number of amidine groups is 1. The van der Waals surface area contributed by atoms with E-state index in [0.717, 1.165) is 25.1 Å². The molecule has 3 nitrogen and oxygen atoms in total. The lowest BCUT2D eigenvalue weighted by atomic mass is 9.89. The first-order valence-corrected chi connectivity index (χ1v) is 6.38. The molecule has 4 N–H and O–H groups in total. The van der Waals surface area contributed by atoms with Crippen molar-refractivity contribution in [3.63, 3.8) is 0 Å². The van der Waals surface area contributed by atoms with Gasteiger partial charge in [0.1, 0.15) is 0 Å². The van der Waals surface area contributed by atoms with Crippen LogP contribution in [0.15, 0.2) is 35.3 Å². The summed E-state index contributed by atoms with van der Waals surface area (Å²) >= 11 is 0. The predicted molar refractivity (Wildman–Crippen MR) is 72.1 cm³/mol. The lowest BCUT2D eigenvalue weighted by Gasteiger charge is -2.22. The van der Waals surface area contributed by atoms with Crippen molar-refractivity contribution in [3.8, 4) is 0 Å². The first-order chi connectivity index (χ1) is 8.31. The SMILES string of the molecule is NCC(c1ccccc1)C1CCCCC(N)=N1. The van der Waals surface area contributed by atoms with Crippen molar-refractivity contribution in [1.82, 2.24) is 0 Å². The minimum atomic E-state index is 0.255. The number of hydrogen-bond acceptors (Lipinski definition) is 3. The molecule has 0 bridgehead atoms. The van der Waals surface area contributed by atoms with Crippen molar-refractivity contribution >= 4 is 5.84 Å². The van der Waals surface area contributed by atoms with Gasteiger partial charge in [-0.05, 0) is 18.4 Å². The molecule has 0 fully saturated rings. The Labute approximate surface area is 103 Å². The van der Waals surface area contributed by atoms with Crippen LogP contribution in [0.25, 0.3) is 0 Å². The summed E-state index contributed by atoms with van der Waals surface area (Å²) in [6, 6.07) is 10.7. The van der Waals surface area contributed by atoms with E-state index < -0.39 is 0 Å². The van der Waals surface area contributed by atoms with Crippen molar-refractivity contribution in [3.05, 3.63) is 35.9 Å². The maximum atomic E-state index is 5.92. The molecule has 0 aliphatic carbocycles. The summed E-state index contributed by atoms with van der Waals surface area (Å²) in [5.41, 5.74) is 13.1. The molecule has 92 valence electrons. The standard InChI is InChI=1S/C14H21N3/c15-10-12(11-6-2-1-3-7-11)13-8-4-5-9-14(16)17-13/h1-3,6-7,12-13H,4-5,8-10,15H2,(H2,16,17). The first kappa shape index (κ1) is 12.1. The van der Waals surface area contributed by atoms with E-state index in [-0.39, 0.29) is 6.04 Å². The number of rotatable bonds is 3. The van der Waals surface area contributed by atoms with Gasteiger partial charge < -0.3 is 11.5 Å². The van der Waals surface area contributed by atoms with Crippen LogP contribution in [0, 0.1) is 0 Å². The van der Waals surface area contributed by atoms with E-state index in [2.05, 4.69) is 29.3 Å². The maximum Gasteiger partial charge on any atom is 0.0940 e. The number of nitrogens with zero attached hydrogens (tertiary/aromatic N) is 1. The van der Waals surface area contributed by atoms with Crippen molar-refractivity contribution in [2.45, 2.75) is 37.6 Å². The van der Waals surface area contributed by atoms with Crippen LogP contribution in [0.4, 0.5) is 0 Å². The van der Waals surface area contributed by atoms with Gasteiger partial charge in [-0.15, -0.1) is 0 Å². The molecule has 0 saturated heterocycles. The van der Waals surface area contributed by atoms with Gasteiger partial charge >= 0.3 is 0 Å². The van der Waals surface area contributed by atoms with Gasteiger partial charge in [0.25, 0.3) is 0 Å². The van der Waals surface area contributed by atoms with E-state index in [0.29, 0.717) is 12.5 Å². The van der Waals surface area contributed by atoms with Gasteiger partial charge in [0.15, 0.2) is 0 Å². The lowest BCUT2D eigenvalue weighted by molar-refractivity contribution is 0.498. The smallest absolute Gasteiger partial charge is 0.0940 e. The summed E-state index contributed by atoms with van der Waals surface area (Å²) in [4.78, 5) is 4.64. The summed E-state index contributed by atoms with van der Waals surface area (Å²) < 4.78 is 0. The third-order valence-corrected chi connectivity index (χ3v) is 3.46. The van der Waals surface area contributed by atoms with Crippen molar-refractivity contribution < 1.29 is 0 Å². The highest BCUT2D eigenvalue weighted by molar-refractivity contribution is 5.80. The highest BCUT2D eigenvalue weighted by atomic mass is 14.9. The average Bonchev–Trinajstić information content (AvgIpc) is 2.56. The third-order valence-electron chi connectivity index (χ3n) is 3.46. The number of aliphatic imine (C=N–C) groups is 1. The van der Waals surface area contributed by atoms with Gasteiger partial charge in [-0.25, -0.2) is 0 Å². The summed E-state index contributed by atoms with van der Waals surface area (Å²) in [6.45, 7) is 0.630. The van der Waals surface area contributed by atoms with Gasteiger partial charge in [-0.3, -0.25) is 4.99 Å². The van der Waals surface area contributed by atoms with E-state index in [4.69, 9.17) is 11.5 Å². The molecule has 1 aromatic carbocycles. The Hall–Kier alpha value is -1.35. The van der Waals surface area contributed by atoms with E-state index >= 15 is 0 Å². The van der Waals surface area contributed by atoms with Crippen molar-refractivity contribution in [2.24, 2.45) is 16.5 Å². The summed E-state index contributed by atoms with van der Waals surface area (Å²) in [5, 5.41) is 0. The molecule has 1 heterocycles. The second-order valence-electron chi connectivity index (χ2n) is 4.69. The largest absolute Gasteiger partial charge is 0.387 e. The maximum absolute atomic E-state index is 5.92. The molecule has 0 saturated carbocycles. The van der Waals surface area contributed by atoms with E-state index in [1.807, 2.05) is 6.07 Å². The van der Waals surface area contributed by atoms with Crippen molar-refractivity contribution in [2.75, 3.05) is 6.54 Å². The number of hydrogen-bond donors (Lipinski definition) is 2. The molecule has 0 spiro atoms. The summed E-state index contributed by atoms with van der Waals surface area (Å²) in [7, 11) is 0. The van der Waals surface area contributed by atoms with Crippen LogP contribution in [0.5, 0.6) is 0 Å². The molecule has 3 heteroatoms. The normalized spacial score (nSPS) is 22.6. The van der Waals surface area contributed by atoms with Gasteiger partial charge in [0.05, 0.1) is 11.9 Å². The average molecular weight is 231 g/mol. The monoisotopic (exact) mass is 231 g/mol. The number of benzene rings is 1. The predicted octanol–water partition coefficient (Wildman–Crippen LogP) is 2.03. The molecular formula is C14H21N3. The Bertz CT molecular complexity index is 372. The fourth-order valence-electron chi connectivity index (χ4n) is 2.51. The minimum absolute atomic E-state index is 0.255. The Kier molecular flexibility index (Phi) is 4.15. The Morgan fingerprint density at radius 3 is 2.71 bits per heavy atom. The fraction of sp³-hybridized carbons (Fsp3) is 0.500. The highest BCUT2D eigenvalue weighted by Crippen LogP contribution is 2.26. The van der Waals surface area contributed by atoms with Gasteiger partial charge in [0, 0.05) is 18.9 Å². The van der Waals surface area contributed by atoms with Crippen LogP contribution in [0.3, 0.4) is 0 Å². The molecule has 0 radical (unpaired) electrons. The quantitative estimate of drug-likeness (QED) is 0.836. The van der Waals surface area contributed by atoms with Gasteiger partial charge in [-0.1, -0.05) is 36.8 Å².